The zero-order valence-electron chi connectivity index (χ0n) is 17.2. The third-order valence-electron chi connectivity index (χ3n) is 5.23. The third kappa shape index (κ3) is 3.85. The first-order valence-corrected chi connectivity index (χ1v) is 9.82. The lowest BCUT2D eigenvalue weighted by atomic mass is 9.75. The predicted octanol–water partition coefficient (Wildman–Crippen LogP) is 3.89. The van der Waals surface area contributed by atoms with Crippen LogP contribution in [0.2, 0.25) is 0 Å². The Morgan fingerprint density at radius 1 is 1.27 bits per heavy atom. The largest absolute Gasteiger partial charge is 0.507 e. The molecule has 0 spiro atoms. The minimum absolute atomic E-state index is 0.0642. The molecular formula is C24H24O6. The Kier molecular flexibility index (Phi) is 6.06. The van der Waals surface area contributed by atoms with Gasteiger partial charge in [0.15, 0.2) is 11.4 Å². The van der Waals surface area contributed by atoms with Crippen LogP contribution in [0, 0.1) is 0 Å². The number of ether oxygens (including phenoxy) is 2. The molecule has 2 aliphatic heterocycles. The van der Waals surface area contributed by atoms with Gasteiger partial charge in [-0.3, -0.25) is 9.59 Å². The Labute approximate surface area is 175 Å². The number of hydrogen-bond donors (Lipinski definition) is 1. The summed E-state index contributed by atoms with van der Waals surface area (Å²) in [6.07, 6.45) is 15.1. The Morgan fingerprint density at radius 3 is 2.70 bits per heavy atom. The van der Waals surface area contributed by atoms with Gasteiger partial charge in [-0.25, -0.2) is 4.79 Å². The highest BCUT2D eigenvalue weighted by Gasteiger charge is 2.54. The van der Waals surface area contributed by atoms with Gasteiger partial charge in [-0.05, 0) is 38.0 Å². The summed E-state index contributed by atoms with van der Waals surface area (Å²) in [5, 5.41) is 10.5. The molecule has 0 saturated heterocycles. The zero-order chi connectivity index (χ0) is 21.9. The highest BCUT2D eigenvalue weighted by molar-refractivity contribution is 6.15. The molecule has 156 valence electrons. The van der Waals surface area contributed by atoms with E-state index in [2.05, 4.69) is 0 Å². The number of aliphatic hydroxyl groups is 1. The molecular weight excluding hydrogens is 384 g/mol. The van der Waals surface area contributed by atoms with Crippen molar-refractivity contribution in [2.45, 2.75) is 45.3 Å². The number of aliphatic hydroxyl groups excluding tert-OH is 1. The fourth-order valence-electron chi connectivity index (χ4n) is 3.56. The van der Waals surface area contributed by atoms with Crippen LogP contribution in [0.5, 0.6) is 0 Å². The van der Waals surface area contributed by atoms with E-state index in [0.29, 0.717) is 12.0 Å². The summed E-state index contributed by atoms with van der Waals surface area (Å²) in [6, 6.07) is 0. The van der Waals surface area contributed by atoms with Gasteiger partial charge < -0.3 is 14.6 Å². The Bertz CT molecular complexity index is 999. The van der Waals surface area contributed by atoms with Crippen LogP contribution in [0.1, 0.15) is 33.6 Å². The summed E-state index contributed by atoms with van der Waals surface area (Å²) >= 11 is 0. The molecule has 0 aromatic carbocycles. The van der Waals surface area contributed by atoms with Gasteiger partial charge in [-0.2, -0.15) is 0 Å². The van der Waals surface area contributed by atoms with Crippen molar-refractivity contribution in [1.82, 2.24) is 0 Å². The second kappa shape index (κ2) is 8.53. The lowest BCUT2D eigenvalue weighted by molar-refractivity contribution is -0.152. The maximum atomic E-state index is 13.0. The van der Waals surface area contributed by atoms with E-state index in [4.69, 9.17) is 9.47 Å². The van der Waals surface area contributed by atoms with Gasteiger partial charge in [-0.1, -0.05) is 37.3 Å². The van der Waals surface area contributed by atoms with Gasteiger partial charge in [0.25, 0.3) is 0 Å². The van der Waals surface area contributed by atoms with Crippen LogP contribution in [0.3, 0.4) is 0 Å². The van der Waals surface area contributed by atoms with Crippen molar-refractivity contribution in [1.29, 1.82) is 0 Å². The van der Waals surface area contributed by atoms with Crippen molar-refractivity contribution in [2.24, 2.45) is 0 Å². The molecule has 2 unspecified atom stereocenters. The standard InChI is InChI=1S/C24H24O6/c1-4-6-7-8-9-10-16(25)13-20(26)21-19-12-15-11-17(5-2)29-14-18(15)22(27)24(19,3)30-23(21)28/h4,6-10,12-14,17,26H,5,11H2,1-3H3/b6-4+,8-7+,10-9+,20-13-. The normalized spacial score (nSPS) is 26.6. The molecule has 0 radical (unpaired) electrons. The summed E-state index contributed by atoms with van der Waals surface area (Å²) in [5.41, 5.74) is -0.354. The van der Waals surface area contributed by atoms with Crippen LogP contribution in [-0.4, -0.2) is 34.3 Å². The van der Waals surface area contributed by atoms with Gasteiger partial charge in [0, 0.05) is 18.1 Å². The molecule has 30 heavy (non-hydrogen) atoms. The topological polar surface area (TPSA) is 89.9 Å². The van der Waals surface area contributed by atoms with Crippen LogP contribution in [0.4, 0.5) is 0 Å². The predicted molar refractivity (Wildman–Crippen MR) is 111 cm³/mol. The monoisotopic (exact) mass is 408 g/mol. The minimum Gasteiger partial charge on any atom is -0.507 e. The van der Waals surface area contributed by atoms with E-state index in [9.17, 15) is 19.5 Å². The number of fused-ring (bicyclic) bond motifs is 2. The molecule has 1 N–H and O–H groups in total. The first-order valence-electron chi connectivity index (χ1n) is 9.82. The molecule has 0 aromatic heterocycles. The minimum atomic E-state index is -1.56. The molecule has 0 saturated carbocycles. The Balaban J connectivity index is 1.98. The average molecular weight is 408 g/mol. The molecule has 3 rings (SSSR count). The van der Waals surface area contributed by atoms with Gasteiger partial charge in [-0.15, -0.1) is 0 Å². The first-order chi connectivity index (χ1) is 14.3. The van der Waals surface area contributed by atoms with Crippen molar-refractivity contribution in [3.8, 4) is 0 Å². The van der Waals surface area contributed by atoms with Crippen molar-refractivity contribution in [3.63, 3.8) is 0 Å². The second-order valence-electron chi connectivity index (χ2n) is 7.31. The summed E-state index contributed by atoms with van der Waals surface area (Å²) in [4.78, 5) is 37.6. The number of carbonyl (C=O) groups excluding carboxylic acids is 3. The van der Waals surface area contributed by atoms with Gasteiger partial charge in [0.2, 0.25) is 5.78 Å². The summed E-state index contributed by atoms with van der Waals surface area (Å²) in [5.74, 6) is -2.27. The average Bonchev–Trinajstić information content (AvgIpc) is 2.98. The first kappa shape index (κ1) is 21.3. The van der Waals surface area contributed by atoms with E-state index >= 15 is 0 Å². The number of esters is 1. The molecule has 6 nitrogen and oxygen atoms in total. The van der Waals surface area contributed by atoms with Crippen molar-refractivity contribution >= 4 is 17.5 Å². The van der Waals surface area contributed by atoms with E-state index in [1.807, 2.05) is 19.9 Å². The number of allylic oxidation sites excluding steroid dienone is 7. The van der Waals surface area contributed by atoms with E-state index in [1.165, 1.54) is 25.3 Å². The van der Waals surface area contributed by atoms with Crippen molar-refractivity contribution < 1.29 is 29.0 Å². The third-order valence-corrected chi connectivity index (χ3v) is 5.23. The van der Waals surface area contributed by atoms with Gasteiger partial charge in [0.1, 0.15) is 17.4 Å². The Hall–Kier alpha value is -3.41. The van der Waals surface area contributed by atoms with Crippen LogP contribution in [0.25, 0.3) is 0 Å². The smallest absolute Gasteiger partial charge is 0.343 e. The quantitative estimate of drug-likeness (QED) is 0.310. The number of rotatable bonds is 6. The maximum Gasteiger partial charge on any atom is 0.343 e. The number of Topliss-reactive ketones (excluding diaryl/α,β-unsaturated/α-hetero) is 1. The maximum absolute atomic E-state index is 13.0. The van der Waals surface area contributed by atoms with Crippen molar-refractivity contribution in [2.75, 3.05) is 0 Å². The van der Waals surface area contributed by atoms with E-state index in [1.54, 1.807) is 24.3 Å². The van der Waals surface area contributed by atoms with Gasteiger partial charge >= 0.3 is 5.97 Å². The summed E-state index contributed by atoms with van der Waals surface area (Å²) in [7, 11) is 0. The highest BCUT2D eigenvalue weighted by Crippen LogP contribution is 2.45. The van der Waals surface area contributed by atoms with E-state index < -0.39 is 28.9 Å². The SMILES string of the molecule is C/C=C/C=C/C=C/C(=O)/C=C(\O)C1=C2C=C3CC(CC)OC=C3C(=O)C2(C)OC1=O. The fourth-order valence-corrected chi connectivity index (χ4v) is 3.56. The molecule has 2 atom stereocenters. The Morgan fingerprint density at radius 2 is 2.00 bits per heavy atom. The molecule has 3 aliphatic rings. The van der Waals surface area contributed by atoms with E-state index in [0.717, 1.165) is 18.1 Å². The van der Waals surface area contributed by atoms with Crippen LogP contribution < -0.4 is 0 Å². The fraction of sp³-hybridized carbons (Fsp3) is 0.292. The summed E-state index contributed by atoms with van der Waals surface area (Å²) in [6.45, 7) is 5.33. The van der Waals surface area contributed by atoms with E-state index in [-0.39, 0.29) is 17.3 Å². The molecule has 2 heterocycles. The van der Waals surface area contributed by atoms with Crippen LogP contribution in [-0.2, 0) is 23.9 Å². The molecule has 6 heteroatoms. The molecule has 0 amide bonds. The second-order valence-corrected chi connectivity index (χ2v) is 7.31. The lowest BCUT2D eigenvalue weighted by Crippen LogP contribution is -2.42. The van der Waals surface area contributed by atoms with Crippen molar-refractivity contribution in [3.05, 3.63) is 82.9 Å². The molecule has 1 aliphatic carbocycles. The zero-order valence-corrected chi connectivity index (χ0v) is 17.2. The lowest BCUT2D eigenvalue weighted by Gasteiger charge is -2.33. The summed E-state index contributed by atoms with van der Waals surface area (Å²) < 4.78 is 10.9. The molecule has 0 bridgehead atoms. The van der Waals surface area contributed by atoms with Crippen LogP contribution in [0.15, 0.2) is 82.9 Å². The number of carbonyl (C=O) groups is 3. The highest BCUT2D eigenvalue weighted by atomic mass is 16.6. The molecule has 0 aromatic rings. The number of hydrogen-bond acceptors (Lipinski definition) is 6. The number of ketones is 2. The molecule has 0 fully saturated rings. The van der Waals surface area contributed by atoms with Gasteiger partial charge in [0.05, 0.1) is 11.8 Å². The van der Waals surface area contributed by atoms with Crippen LogP contribution >= 0.6 is 0 Å².